The number of fused-ring (bicyclic) bond motifs is 2. The van der Waals surface area contributed by atoms with Crippen LogP contribution in [-0.4, -0.2) is 92.2 Å². The van der Waals surface area contributed by atoms with Crippen LogP contribution in [0.25, 0.3) is 32.5 Å². The monoisotopic (exact) mass is 545 g/mol. The second-order valence-corrected chi connectivity index (χ2v) is 9.54. The topological polar surface area (TPSA) is 99.0 Å². The molecule has 1 N–H and O–H groups in total. The van der Waals surface area contributed by atoms with E-state index in [1.54, 1.807) is 12.3 Å². The van der Waals surface area contributed by atoms with Crippen LogP contribution in [0.3, 0.4) is 0 Å². The van der Waals surface area contributed by atoms with Gasteiger partial charge >= 0.3 is 5.66 Å². The molecule has 1 aromatic carbocycles. The summed E-state index contributed by atoms with van der Waals surface area (Å²) in [6.45, 7) is 7.90. The van der Waals surface area contributed by atoms with Crippen LogP contribution in [0.4, 0.5) is 23.5 Å². The van der Waals surface area contributed by atoms with Gasteiger partial charge in [-0.05, 0) is 30.2 Å². The van der Waals surface area contributed by atoms with Gasteiger partial charge in [-0.1, -0.05) is 5.21 Å². The average Bonchev–Trinajstić information content (AvgIpc) is 3.49. The van der Waals surface area contributed by atoms with Gasteiger partial charge in [0.05, 0.1) is 18.7 Å². The maximum atomic E-state index is 15.1. The molecule has 0 saturated carbocycles. The van der Waals surface area contributed by atoms with Gasteiger partial charge in [-0.25, -0.2) is 38.2 Å². The zero-order valence-electron chi connectivity index (χ0n) is 20.7. The summed E-state index contributed by atoms with van der Waals surface area (Å²) in [4.78, 5) is 9.91. The van der Waals surface area contributed by atoms with E-state index in [0.717, 1.165) is 4.68 Å². The summed E-state index contributed by atoms with van der Waals surface area (Å²) in [7, 11) is 1.41. The van der Waals surface area contributed by atoms with Crippen LogP contribution in [0, 0.1) is 12.4 Å². The first-order chi connectivity index (χ1) is 18.8. The van der Waals surface area contributed by atoms with Crippen molar-refractivity contribution < 1.29 is 27.0 Å². The number of piperidine rings is 1. The number of hydrogen-bond donors (Lipinski definition) is 1. The largest absolute Gasteiger partial charge is 0.479 e. The van der Waals surface area contributed by atoms with Crippen LogP contribution < -0.4 is 10.1 Å². The van der Waals surface area contributed by atoms with Crippen molar-refractivity contribution >= 4 is 22.5 Å². The van der Waals surface area contributed by atoms with E-state index in [1.807, 2.05) is 4.90 Å². The number of alkyl halides is 3. The number of nitrogens with zero attached hydrogens (tertiary/aromatic N) is 8. The molecule has 2 saturated heterocycles. The number of aromatic nitrogens is 6. The lowest BCUT2D eigenvalue weighted by Crippen LogP contribution is -2.64. The Morgan fingerprint density at radius 2 is 2.15 bits per heavy atom. The third-order valence-electron chi connectivity index (χ3n) is 7.19. The minimum atomic E-state index is -2.69. The summed E-state index contributed by atoms with van der Waals surface area (Å²) >= 11 is 0. The molecular formula is C24H23F4N9O2. The Bertz CT molecular complexity index is 1580. The van der Waals surface area contributed by atoms with Crippen LogP contribution in [-0.2, 0) is 11.3 Å². The summed E-state index contributed by atoms with van der Waals surface area (Å²) in [6.07, 6.45) is -1.92. The van der Waals surface area contributed by atoms with Gasteiger partial charge in [0.2, 0.25) is 11.8 Å². The van der Waals surface area contributed by atoms with Crippen molar-refractivity contribution in [3.05, 3.63) is 41.6 Å². The molecule has 0 aliphatic carbocycles. The quantitative estimate of drug-likeness (QED) is 0.280. The van der Waals surface area contributed by atoms with Crippen molar-refractivity contribution in [2.75, 3.05) is 38.7 Å². The maximum absolute atomic E-state index is 15.1. The summed E-state index contributed by atoms with van der Waals surface area (Å²) in [5, 5.41) is 14.8. The fourth-order valence-corrected chi connectivity index (χ4v) is 5.09. The Hall–Kier alpha value is -4.03. The maximum Gasteiger partial charge on any atom is 0.334 e. The smallest absolute Gasteiger partial charge is 0.334 e. The van der Waals surface area contributed by atoms with Gasteiger partial charge in [-0.2, -0.15) is 4.98 Å². The SMILES string of the molecule is [C-]#[N+]C1(N2CC[C@H](Nc3nc(OC)c4c(-c5cc(F)c6nnn(CC(F)F)c6c5)ccn4n3)[C@H](F)C2)COC1. The molecule has 0 bridgehead atoms. The number of methoxy groups -OCH3 is 1. The molecule has 204 valence electrons. The Kier molecular flexibility index (Phi) is 6.23. The number of benzene rings is 1. The van der Waals surface area contributed by atoms with Crippen molar-refractivity contribution in [3.63, 3.8) is 0 Å². The molecule has 5 heterocycles. The minimum absolute atomic E-state index is 0.0848. The molecule has 6 rings (SSSR count). The van der Waals surface area contributed by atoms with E-state index in [2.05, 4.69) is 30.6 Å². The molecule has 3 aromatic heterocycles. The first-order valence-electron chi connectivity index (χ1n) is 12.2. The molecule has 15 heteroatoms. The first kappa shape index (κ1) is 25.3. The van der Waals surface area contributed by atoms with Crippen molar-refractivity contribution in [1.29, 1.82) is 0 Å². The molecule has 2 aliphatic heterocycles. The lowest BCUT2D eigenvalue weighted by Gasteiger charge is -2.43. The van der Waals surface area contributed by atoms with Crippen LogP contribution in [0.5, 0.6) is 5.88 Å². The van der Waals surface area contributed by atoms with Crippen LogP contribution in [0.1, 0.15) is 6.42 Å². The second-order valence-electron chi connectivity index (χ2n) is 9.54. The van der Waals surface area contributed by atoms with Gasteiger partial charge in [0.15, 0.2) is 5.82 Å². The highest BCUT2D eigenvalue weighted by atomic mass is 19.3. The molecular weight excluding hydrogens is 522 g/mol. The van der Waals surface area contributed by atoms with E-state index in [0.29, 0.717) is 29.6 Å². The molecule has 11 nitrogen and oxygen atoms in total. The number of halogens is 4. The summed E-state index contributed by atoms with van der Waals surface area (Å²) in [5.41, 5.74) is 0.490. The molecule has 2 fully saturated rings. The molecule has 4 aromatic rings. The number of likely N-dealkylation sites (tertiary alicyclic amines) is 1. The average molecular weight is 546 g/mol. The molecule has 0 amide bonds. The predicted molar refractivity (Wildman–Crippen MR) is 131 cm³/mol. The van der Waals surface area contributed by atoms with E-state index < -0.39 is 36.7 Å². The molecule has 0 spiro atoms. The highest BCUT2D eigenvalue weighted by molar-refractivity contribution is 5.89. The third-order valence-corrected chi connectivity index (χ3v) is 7.19. The summed E-state index contributed by atoms with van der Waals surface area (Å²) in [6, 6.07) is 3.84. The van der Waals surface area contributed by atoms with Crippen LogP contribution in [0.15, 0.2) is 24.4 Å². The first-order valence-corrected chi connectivity index (χ1v) is 12.2. The van der Waals surface area contributed by atoms with E-state index >= 15 is 4.39 Å². The Balaban J connectivity index is 1.29. The van der Waals surface area contributed by atoms with Crippen LogP contribution >= 0.6 is 0 Å². The minimum Gasteiger partial charge on any atom is -0.479 e. The fourth-order valence-electron chi connectivity index (χ4n) is 5.09. The van der Waals surface area contributed by atoms with E-state index in [1.165, 1.54) is 23.8 Å². The van der Waals surface area contributed by atoms with Gasteiger partial charge in [0.1, 0.15) is 37.0 Å². The molecule has 0 radical (unpaired) electrons. The molecule has 39 heavy (non-hydrogen) atoms. The number of ether oxygens (including phenoxy) is 2. The highest BCUT2D eigenvalue weighted by Crippen LogP contribution is 2.35. The molecule has 2 aliphatic rings. The van der Waals surface area contributed by atoms with Crippen LogP contribution in [0.2, 0.25) is 0 Å². The molecule has 2 atom stereocenters. The van der Waals surface area contributed by atoms with Crippen molar-refractivity contribution in [2.45, 2.75) is 37.3 Å². The Morgan fingerprint density at radius 3 is 2.82 bits per heavy atom. The van der Waals surface area contributed by atoms with Gasteiger partial charge < -0.3 is 14.8 Å². The number of anilines is 1. The zero-order chi connectivity index (χ0) is 27.3. The molecule has 0 unspecified atom stereocenters. The van der Waals surface area contributed by atoms with E-state index in [4.69, 9.17) is 16.0 Å². The summed E-state index contributed by atoms with van der Waals surface area (Å²) < 4.78 is 69.1. The van der Waals surface area contributed by atoms with Gasteiger partial charge in [0, 0.05) is 24.8 Å². The third kappa shape index (κ3) is 4.29. The number of hydrogen-bond acceptors (Lipinski definition) is 8. The standard InChI is InChI=1S/C24H23F4N9O2/c1-29-24(11-39-12-24)35-5-4-17(16(26)9-35)30-23-31-22(38-2)21-14(3-6-36(21)33-23)13-7-15(25)20-18(8-13)37(34-32-20)10-19(27)28/h3,6-8,16-17,19H,4-5,9-12H2,2H3,(H,30,33)/t16-,17+/m1/s1. The van der Waals surface area contributed by atoms with E-state index in [9.17, 15) is 13.2 Å². The van der Waals surface area contributed by atoms with Gasteiger partial charge in [0.25, 0.3) is 6.43 Å². The number of rotatable bonds is 7. The Morgan fingerprint density at radius 1 is 1.33 bits per heavy atom. The predicted octanol–water partition coefficient (Wildman–Crippen LogP) is 3.02. The fraction of sp³-hybridized carbons (Fsp3) is 0.458. The van der Waals surface area contributed by atoms with Crippen molar-refractivity contribution in [1.82, 2.24) is 34.5 Å². The lowest BCUT2D eigenvalue weighted by molar-refractivity contribution is -0.127. The zero-order valence-corrected chi connectivity index (χ0v) is 20.7. The van der Waals surface area contributed by atoms with Gasteiger partial charge in [-0.3, -0.25) is 4.85 Å². The highest BCUT2D eigenvalue weighted by Gasteiger charge is 2.53. The second kappa shape index (κ2) is 9.62. The lowest BCUT2D eigenvalue weighted by atomic mass is 9.97. The van der Waals surface area contributed by atoms with Gasteiger partial charge in [-0.15, -0.1) is 10.2 Å². The van der Waals surface area contributed by atoms with E-state index in [-0.39, 0.29) is 42.6 Å². The number of nitrogens with one attached hydrogen (secondary N) is 1. The normalized spacial score (nSPS) is 21.3. The Labute approximate surface area is 219 Å². The summed E-state index contributed by atoms with van der Waals surface area (Å²) in [5.74, 6) is -0.428. The van der Waals surface area contributed by atoms with Crippen molar-refractivity contribution in [3.8, 4) is 17.0 Å². The van der Waals surface area contributed by atoms with Crippen molar-refractivity contribution in [2.24, 2.45) is 0 Å².